The van der Waals surface area contributed by atoms with E-state index in [0.29, 0.717) is 29.4 Å². The van der Waals surface area contributed by atoms with Gasteiger partial charge < -0.3 is 15.0 Å². The predicted molar refractivity (Wildman–Crippen MR) is 173 cm³/mol. The third kappa shape index (κ3) is 10.4. The molecule has 0 radical (unpaired) electrons. The molecule has 1 N–H and O–H groups in total. The number of anilines is 1. The second-order valence-electron chi connectivity index (χ2n) is 10.3. The Kier molecular flexibility index (Phi) is 13.2. The minimum atomic E-state index is -3.68. The minimum Gasteiger partial charge on any atom is -0.495 e. The Bertz CT molecular complexity index is 1470. The minimum absolute atomic E-state index is 0.0179. The highest BCUT2D eigenvalue weighted by molar-refractivity contribution is 7.92. The fraction of sp³-hybridized carbons (Fsp3) is 0.375. The molecule has 0 unspecified atom stereocenters. The van der Waals surface area contributed by atoms with Gasteiger partial charge in [-0.15, -0.1) is 0 Å². The van der Waals surface area contributed by atoms with E-state index in [4.69, 9.17) is 27.9 Å². The van der Waals surface area contributed by atoms with Crippen LogP contribution in [0.4, 0.5) is 5.69 Å². The zero-order chi connectivity index (χ0) is 31.4. The van der Waals surface area contributed by atoms with E-state index in [2.05, 4.69) is 5.32 Å². The van der Waals surface area contributed by atoms with Gasteiger partial charge in [0.05, 0.1) is 24.1 Å². The number of nitrogens with zero attached hydrogens (tertiary/aromatic N) is 2. The second-order valence-corrected chi connectivity index (χ2v) is 13.0. The quantitative estimate of drug-likeness (QED) is 0.189. The van der Waals surface area contributed by atoms with Gasteiger partial charge in [0, 0.05) is 37.5 Å². The van der Waals surface area contributed by atoms with Crippen LogP contribution in [0.25, 0.3) is 0 Å². The van der Waals surface area contributed by atoms with Gasteiger partial charge >= 0.3 is 0 Å². The molecule has 0 aliphatic rings. The van der Waals surface area contributed by atoms with Gasteiger partial charge in [-0.05, 0) is 54.3 Å². The van der Waals surface area contributed by atoms with Crippen LogP contribution < -0.4 is 14.4 Å². The van der Waals surface area contributed by atoms with E-state index < -0.39 is 16.1 Å². The smallest absolute Gasteiger partial charge is 0.243 e. The molecule has 0 saturated carbocycles. The molecule has 2 amide bonds. The van der Waals surface area contributed by atoms with Crippen LogP contribution in [-0.2, 0) is 32.6 Å². The number of hydrogen-bond donors (Lipinski definition) is 1. The molecule has 0 aliphatic heterocycles. The zero-order valence-corrected chi connectivity index (χ0v) is 27.1. The standard InChI is InChI=1S/C32H39Cl2N3O5S/c1-4-5-18-35-32(39)29(21-24-11-7-6-8-12-24)36(23-25-13-9-14-26(33)20-25)31(38)15-10-19-37(43(3,40)41)27-16-17-30(42-2)28(34)22-27/h6-9,11-14,16-17,20,22,29H,4-5,10,15,18-19,21,23H2,1-3H3,(H,35,39)/t29-/m0/s1. The van der Waals surface area contributed by atoms with Crippen molar-refractivity contribution in [3.63, 3.8) is 0 Å². The Hall–Kier alpha value is -3.27. The first-order valence-electron chi connectivity index (χ1n) is 14.2. The molecule has 0 spiro atoms. The molecule has 0 aromatic heterocycles. The number of benzene rings is 3. The van der Waals surface area contributed by atoms with Crippen molar-refractivity contribution in [2.45, 2.75) is 51.6 Å². The van der Waals surface area contributed by atoms with Gasteiger partial charge in [0.15, 0.2) is 0 Å². The van der Waals surface area contributed by atoms with E-state index in [-0.39, 0.29) is 42.8 Å². The summed E-state index contributed by atoms with van der Waals surface area (Å²) in [6.07, 6.45) is 3.41. The summed E-state index contributed by atoms with van der Waals surface area (Å²) >= 11 is 12.5. The Morgan fingerprint density at radius 2 is 1.67 bits per heavy atom. The van der Waals surface area contributed by atoms with Gasteiger partial charge in [-0.3, -0.25) is 13.9 Å². The SMILES string of the molecule is CCCCNC(=O)[C@H](Cc1ccccc1)N(Cc1cccc(Cl)c1)C(=O)CCCN(c1ccc(OC)c(Cl)c1)S(C)(=O)=O. The first kappa shape index (κ1) is 34.2. The highest BCUT2D eigenvalue weighted by Gasteiger charge is 2.30. The van der Waals surface area contributed by atoms with E-state index >= 15 is 0 Å². The molecule has 0 fully saturated rings. The lowest BCUT2D eigenvalue weighted by Gasteiger charge is -2.32. The second kappa shape index (κ2) is 16.5. The van der Waals surface area contributed by atoms with Gasteiger partial charge in [-0.25, -0.2) is 8.42 Å². The first-order valence-corrected chi connectivity index (χ1v) is 16.8. The van der Waals surface area contributed by atoms with Crippen molar-refractivity contribution >= 4 is 50.7 Å². The lowest BCUT2D eigenvalue weighted by atomic mass is 10.0. The molecule has 3 aromatic carbocycles. The van der Waals surface area contributed by atoms with Crippen LogP contribution >= 0.6 is 23.2 Å². The molecule has 0 heterocycles. The molecule has 0 aliphatic carbocycles. The van der Waals surface area contributed by atoms with Crippen molar-refractivity contribution in [3.8, 4) is 5.75 Å². The highest BCUT2D eigenvalue weighted by atomic mass is 35.5. The maximum atomic E-state index is 13.9. The number of hydrogen-bond acceptors (Lipinski definition) is 5. The number of sulfonamides is 1. The fourth-order valence-electron chi connectivity index (χ4n) is 4.71. The van der Waals surface area contributed by atoms with Crippen LogP contribution in [0.5, 0.6) is 5.75 Å². The van der Waals surface area contributed by atoms with Gasteiger partial charge in [0.2, 0.25) is 21.8 Å². The maximum absolute atomic E-state index is 13.9. The summed E-state index contributed by atoms with van der Waals surface area (Å²) in [5.41, 5.74) is 2.07. The number of unbranched alkanes of at least 4 members (excludes halogenated alkanes) is 1. The lowest BCUT2D eigenvalue weighted by Crippen LogP contribution is -2.50. The van der Waals surface area contributed by atoms with E-state index in [1.165, 1.54) is 17.5 Å². The summed E-state index contributed by atoms with van der Waals surface area (Å²) in [7, 11) is -2.20. The lowest BCUT2D eigenvalue weighted by molar-refractivity contribution is -0.141. The van der Waals surface area contributed by atoms with Gasteiger partial charge in [0.1, 0.15) is 11.8 Å². The summed E-state index contributed by atoms with van der Waals surface area (Å²) in [6.45, 7) is 2.77. The highest BCUT2D eigenvalue weighted by Crippen LogP contribution is 2.30. The third-order valence-corrected chi connectivity index (χ3v) is 8.64. The van der Waals surface area contributed by atoms with E-state index in [9.17, 15) is 18.0 Å². The summed E-state index contributed by atoms with van der Waals surface area (Å²) < 4.78 is 31.8. The van der Waals surface area contributed by atoms with Crippen molar-refractivity contribution in [2.24, 2.45) is 0 Å². The number of halogens is 2. The first-order chi connectivity index (χ1) is 20.5. The van der Waals surface area contributed by atoms with Crippen LogP contribution in [0.3, 0.4) is 0 Å². The molecule has 3 aromatic rings. The van der Waals surface area contributed by atoms with E-state index in [1.54, 1.807) is 35.2 Å². The van der Waals surface area contributed by atoms with Crippen molar-refractivity contribution in [2.75, 3.05) is 30.8 Å². The average Bonchev–Trinajstić information content (AvgIpc) is 2.97. The van der Waals surface area contributed by atoms with Crippen LogP contribution in [0.2, 0.25) is 10.0 Å². The van der Waals surface area contributed by atoms with Gasteiger partial charge in [0.25, 0.3) is 0 Å². The maximum Gasteiger partial charge on any atom is 0.243 e. The molecule has 1 atom stereocenters. The van der Waals surface area contributed by atoms with Crippen molar-refractivity contribution in [1.29, 1.82) is 0 Å². The molecule has 0 saturated heterocycles. The van der Waals surface area contributed by atoms with Gasteiger partial charge in [-0.1, -0.05) is 79.0 Å². The molecule has 232 valence electrons. The van der Waals surface area contributed by atoms with E-state index in [0.717, 1.165) is 30.2 Å². The molecule has 3 rings (SSSR count). The van der Waals surface area contributed by atoms with Crippen LogP contribution in [0.15, 0.2) is 72.8 Å². The number of carbonyl (C=O) groups is 2. The van der Waals surface area contributed by atoms with Gasteiger partial charge in [-0.2, -0.15) is 0 Å². The van der Waals surface area contributed by atoms with Crippen molar-refractivity contribution in [3.05, 3.63) is 94.0 Å². The number of amides is 2. The zero-order valence-electron chi connectivity index (χ0n) is 24.8. The Balaban J connectivity index is 1.88. The molecule has 0 bridgehead atoms. The molecule has 11 heteroatoms. The number of ether oxygens (including phenoxy) is 1. The van der Waals surface area contributed by atoms with Crippen LogP contribution in [0.1, 0.15) is 43.7 Å². The Morgan fingerprint density at radius 3 is 2.30 bits per heavy atom. The summed E-state index contributed by atoms with van der Waals surface area (Å²) in [5, 5.41) is 3.80. The largest absolute Gasteiger partial charge is 0.495 e. The third-order valence-electron chi connectivity index (χ3n) is 6.92. The van der Waals surface area contributed by atoms with Crippen LogP contribution in [0, 0.1) is 0 Å². The average molecular weight is 649 g/mol. The van der Waals surface area contributed by atoms with Crippen molar-refractivity contribution in [1.82, 2.24) is 10.2 Å². The predicted octanol–water partition coefficient (Wildman–Crippen LogP) is 6.10. The number of methoxy groups -OCH3 is 1. The summed E-state index contributed by atoms with van der Waals surface area (Å²) in [5.74, 6) is -0.0848. The Morgan fingerprint density at radius 1 is 0.953 bits per heavy atom. The van der Waals surface area contributed by atoms with Crippen LogP contribution in [-0.4, -0.2) is 57.6 Å². The number of nitrogens with one attached hydrogen (secondary N) is 1. The fourth-order valence-corrected chi connectivity index (χ4v) is 6.13. The topological polar surface area (TPSA) is 96.0 Å². The Labute approximate surface area is 265 Å². The normalized spacial score (nSPS) is 11.9. The number of carbonyl (C=O) groups excluding carboxylic acids is 2. The monoisotopic (exact) mass is 647 g/mol. The molecular weight excluding hydrogens is 609 g/mol. The van der Waals surface area contributed by atoms with E-state index in [1.807, 2.05) is 43.3 Å². The summed E-state index contributed by atoms with van der Waals surface area (Å²) in [4.78, 5) is 29.1. The molecule has 43 heavy (non-hydrogen) atoms. The summed E-state index contributed by atoms with van der Waals surface area (Å²) in [6, 6.07) is 20.7. The van der Waals surface area contributed by atoms with Crippen molar-refractivity contribution < 1.29 is 22.7 Å². The molecule has 8 nitrogen and oxygen atoms in total. The number of rotatable bonds is 16. The molecular formula is C32H39Cl2N3O5S.